The maximum atomic E-state index is 11.8. The molecule has 0 spiro atoms. The summed E-state index contributed by atoms with van der Waals surface area (Å²) in [7, 11) is 0. The van der Waals surface area contributed by atoms with Gasteiger partial charge in [0.2, 0.25) is 5.43 Å². The number of fused-ring (bicyclic) bond motifs is 1. The number of nitrogens with one attached hydrogen (secondary N) is 1. The summed E-state index contributed by atoms with van der Waals surface area (Å²) in [5.74, 6) is 5.25. The number of rotatable bonds is 0. The van der Waals surface area contributed by atoms with Gasteiger partial charge in [-0.1, -0.05) is 25.0 Å². The topological polar surface area (TPSA) is 53.1 Å². The number of aromatic amines is 1. The van der Waals surface area contributed by atoms with E-state index in [4.69, 9.17) is 0 Å². The van der Waals surface area contributed by atoms with E-state index in [9.17, 15) is 9.90 Å². The predicted molar refractivity (Wildman–Crippen MR) is 63.4 cm³/mol. The van der Waals surface area contributed by atoms with E-state index in [0.717, 1.165) is 0 Å². The summed E-state index contributed by atoms with van der Waals surface area (Å²) in [5, 5.41) is 10.2. The van der Waals surface area contributed by atoms with E-state index in [1.54, 1.807) is 18.2 Å². The number of hydrogen-bond acceptors (Lipinski definition) is 2. The second-order valence-corrected chi connectivity index (χ2v) is 3.38. The average Bonchev–Trinajstić information content (AvgIpc) is 2.32. The van der Waals surface area contributed by atoms with Crippen LogP contribution < -0.4 is 5.43 Å². The van der Waals surface area contributed by atoms with Gasteiger partial charge in [-0.15, -0.1) is 0 Å². The van der Waals surface area contributed by atoms with E-state index in [-0.39, 0.29) is 16.9 Å². The zero-order valence-corrected chi connectivity index (χ0v) is 8.87. The SMILES string of the molecule is CCC#Cc1[nH]c2ccccc2c(=O)c1O. The summed E-state index contributed by atoms with van der Waals surface area (Å²) in [6, 6.07) is 7.04. The van der Waals surface area contributed by atoms with E-state index in [1.807, 2.05) is 13.0 Å². The van der Waals surface area contributed by atoms with Gasteiger partial charge in [0.05, 0.1) is 5.52 Å². The third-order valence-corrected chi connectivity index (χ3v) is 2.27. The third-order valence-electron chi connectivity index (χ3n) is 2.27. The van der Waals surface area contributed by atoms with Gasteiger partial charge in [-0.3, -0.25) is 4.79 Å². The lowest BCUT2D eigenvalue weighted by atomic mass is 10.2. The van der Waals surface area contributed by atoms with E-state index in [0.29, 0.717) is 17.3 Å². The quantitative estimate of drug-likeness (QED) is 0.657. The van der Waals surface area contributed by atoms with Crippen molar-refractivity contribution in [1.82, 2.24) is 4.98 Å². The van der Waals surface area contributed by atoms with Crippen molar-refractivity contribution in [3.63, 3.8) is 0 Å². The lowest BCUT2D eigenvalue weighted by molar-refractivity contribution is 0.467. The Bertz CT molecular complexity index is 644. The molecule has 0 unspecified atom stereocenters. The van der Waals surface area contributed by atoms with Crippen LogP contribution in [0, 0.1) is 11.8 Å². The maximum Gasteiger partial charge on any atom is 0.232 e. The molecular formula is C13H11NO2. The molecule has 0 atom stereocenters. The number of hydrogen-bond donors (Lipinski definition) is 2. The minimum atomic E-state index is -0.380. The normalized spacial score (nSPS) is 9.81. The highest BCUT2D eigenvalue weighted by Crippen LogP contribution is 2.14. The molecule has 0 saturated carbocycles. The molecule has 1 aromatic carbocycles. The fourth-order valence-electron chi connectivity index (χ4n) is 1.49. The molecule has 0 fully saturated rings. The van der Waals surface area contributed by atoms with Crippen LogP contribution in [0.4, 0.5) is 0 Å². The summed E-state index contributed by atoms with van der Waals surface area (Å²) < 4.78 is 0. The summed E-state index contributed by atoms with van der Waals surface area (Å²) in [4.78, 5) is 14.7. The van der Waals surface area contributed by atoms with E-state index >= 15 is 0 Å². The monoisotopic (exact) mass is 213 g/mol. The smallest absolute Gasteiger partial charge is 0.232 e. The highest BCUT2D eigenvalue weighted by molar-refractivity contribution is 5.80. The van der Waals surface area contributed by atoms with E-state index < -0.39 is 0 Å². The number of para-hydroxylation sites is 1. The van der Waals surface area contributed by atoms with Crippen LogP contribution in [-0.4, -0.2) is 10.1 Å². The Morgan fingerprint density at radius 1 is 1.38 bits per heavy atom. The van der Waals surface area contributed by atoms with Crippen molar-refractivity contribution in [2.24, 2.45) is 0 Å². The Morgan fingerprint density at radius 2 is 2.12 bits per heavy atom. The molecule has 16 heavy (non-hydrogen) atoms. The molecule has 2 rings (SSSR count). The van der Waals surface area contributed by atoms with Crippen molar-refractivity contribution in [2.75, 3.05) is 0 Å². The molecule has 0 amide bonds. The minimum absolute atomic E-state index is 0.283. The first-order valence-corrected chi connectivity index (χ1v) is 5.07. The fourth-order valence-corrected chi connectivity index (χ4v) is 1.49. The number of H-pyrrole nitrogens is 1. The highest BCUT2D eigenvalue weighted by atomic mass is 16.3. The predicted octanol–water partition coefficient (Wildman–Crippen LogP) is 2.00. The first-order valence-electron chi connectivity index (χ1n) is 5.07. The molecule has 1 aromatic heterocycles. The van der Waals surface area contributed by atoms with Gasteiger partial charge in [0.15, 0.2) is 5.75 Å². The zero-order chi connectivity index (χ0) is 11.5. The molecule has 3 heteroatoms. The van der Waals surface area contributed by atoms with Crippen molar-refractivity contribution < 1.29 is 5.11 Å². The number of benzene rings is 1. The van der Waals surface area contributed by atoms with E-state index in [2.05, 4.69) is 16.8 Å². The standard InChI is InChI=1S/C13H11NO2/c1-2-3-7-11-13(16)12(15)9-6-4-5-8-10(9)14-11/h4-6,8,16H,2H2,1H3,(H,14,15). The number of aromatic nitrogens is 1. The van der Waals surface area contributed by atoms with Crippen molar-refractivity contribution in [1.29, 1.82) is 0 Å². The average molecular weight is 213 g/mol. The second-order valence-electron chi connectivity index (χ2n) is 3.38. The molecule has 0 aliphatic carbocycles. The van der Waals surface area contributed by atoms with Gasteiger partial charge >= 0.3 is 0 Å². The largest absolute Gasteiger partial charge is 0.502 e. The Balaban J connectivity index is 2.79. The molecule has 0 radical (unpaired) electrons. The minimum Gasteiger partial charge on any atom is -0.502 e. The van der Waals surface area contributed by atoms with Gasteiger partial charge in [0.25, 0.3) is 0 Å². The first kappa shape index (κ1) is 10.3. The van der Waals surface area contributed by atoms with Crippen molar-refractivity contribution in [3.8, 4) is 17.6 Å². The van der Waals surface area contributed by atoms with Crippen LogP contribution in [-0.2, 0) is 0 Å². The van der Waals surface area contributed by atoms with Gasteiger partial charge < -0.3 is 10.1 Å². The van der Waals surface area contributed by atoms with Gasteiger partial charge in [-0.05, 0) is 18.1 Å². The Labute approximate surface area is 92.7 Å². The molecule has 0 aliphatic heterocycles. The molecule has 2 N–H and O–H groups in total. The van der Waals surface area contributed by atoms with Crippen LogP contribution in [0.5, 0.6) is 5.75 Å². The van der Waals surface area contributed by atoms with Crippen LogP contribution in [0.1, 0.15) is 19.0 Å². The van der Waals surface area contributed by atoms with Gasteiger partial charge in [-0.25, -0.2) is 0 Å². The molecule has 1 heterocycles. The van der Waals surface area contributed by atoms with Gasteiger partial charge in [0, 0.05) is 11.8 Å². The van der Waals surface area contributed by atoms with E-state index in [1.165, 1.54) is 0 Å². The van der Waals surface area contributed by atoms with Crippen LogP contribution in [0.25, 0.3) is 10.9 Å². The summed E-state index contributed by atoms with van der Waals surface area (Å²) in [6.45, 7) is 1.91. The van der Waals surface area contributed by atoms with Crippen molar-refractivity contribution >= 4 is 10.9 Å². The molecule has 3 nitrogen and oxygen atoms in total. The summed E-state index contributed by atoms with van der Waals surface area (Å²) >= 11 is 0. The van der Waals surface area contributed by atoms with Crippen LogP contribution in [0.3, 0.4) is 0 Å². The summed E-state index contributed by atoms with van der Waals surface area (Å²) in [6.07, 6.45) is 0.675. The maximum absolute atomic E-state index is 11.8. The molecule has 0 saturated heterocycles. The lowest BCUT2D eigenvalue weighted by Crippen LogP contribution is -2.05. The van der Waals surface area contributed by atoms with Crippen LogP contribution >= 0.6 is 0 Å². The van der Waals surface area contributed by atoms with Crippen LogP contribution in [0.15, 0.2) is 29.1 Å². The third kappa shape index (κ3) is 1.66. The fraction of sp³-hybridized carbons (Fsp3) is 0.154. The van der Waals surface area contributed by atoms with Crippen LogP contribution in [0.2, 0.25) is 0 Å². The Hall–Kier alpha value is -2.21. The number of aromatic hydroxyl groups is 1. The Kier molecular flexibility index (Phi) is 2.65. The molecule has 0 bridgehead atoms. The van der Waals surface area contributed by atoms with Crippen molar-refractivity contribution in [2.45, 2.75) is 13.3 Å². The molecule has 80 valence electrons. The van der Waals surface area contributed by atoms with Gasteiger partial charge in [-0.2, -0.15) is 0 Å². The van der Waals surface area contributed by atoms with Gasteiger partial charge in [0.1, 0.15) is 5.69 Å². The summed E-state index contributed by atoms with van der Waals surface area (Å²) in [5.41, 5.74) is 0.589. The first-order chi connectivity index (χ1) is 7.74. The number of pyridine rings is 1. The highest BCUT2D eigenvalue weighted by Gasteiger charge is 2.07. The molecule has 2 aromatic rings. The van der Waals surface area contributed by atoms with Crippen molar-refractivity contribution in [3.05, 3.63) is 40.2 Å². The Morgan fingerprint density at radius 3 is 2.88 bits per heavy atom. The second kappa shape index (κ2) is 4.11. The zero-order valence-electron chi connectivity index (χ0n) is 8.87. The molecule has 0 aliphatic rings. The lowest BCUT2D eigenvalue weighted by Gasteiger charge is -2.01. The molecular weight excluding hydrogens is 202 g/mol.